The Morgan fingerprint density at radius 2 is 1.31 bits per heavy atom. The van der Waals surface area contributed by atoms with Gasteiger partial charge < -0.3 is 14.2 Å². The molecule has 0 saturated carbocycles. The molecule has 0 N–H and O–H groups in total. The fraction of sp³-hybridized carbons (Fsp3) is 0.333. The molecule has 1 aromatic rings. The molecule has 0 saturated heterocycles. The molecule has 0 heterocycles. The van der Waals surface area contributed by atoms with Crippen LogP contribution in [0.1, 0.15) is 0 Å². The van der Waals surface area contributed by atoms with Gasteiger partial charge in [-0.3, -0.25) is 0 Å². The molecule has 0 unspecified atom stereocenters. The van der Waals surface area contributed by atoms with Crippen LogP contribution in [-0.4, -0.2) is 21.3 Å². The van der Waals surface area contributed by atoms with Crippen molar-refractivity contribution >= 4 is 22.6 Å². The monoisotopic (exact) mass is 294 g/mol. The van der Waals surface area contributed by atoms with Gasteiger partial charge in [0.25, 0.3) is 0 Å². The van der Waals surface area contributed by atoms with Crippen LogP contribution >= 0.6 is 22.6 Å². The van der Waals surface area contributed by atoms with E-state index >= 15 is 0 Å². The van der Waals surface area contributed by atoms with Gasteiger partial charge in [0.1, 0.15) is 5.75 Å². The highest BCUT2D eigenvalue weighted by molar-refractivity contribution is 14.1. The zero-order valence-corrected chi connectivity index (χ0v) is 9.91. The largest absolute Gasteiger partial charge is 0.496 e. The van der Waals surface area contributed by atoms with Crippen molar-refractivity contribution in [2.24, 2.45) is 0 Å². The van der Waals surface area contributed by atoms with Crippen molar-refractivity contribution in [3.63, 3.8) is 0 Å². The van der Waals surface area contributed by atoms with E-state index in [0.29, 0.717) is 11.5 Å². The number of methoxy groups -OCH3 is 3. The molecular formula is C9H11IO3. The molecule has 13 heavy (non-hydrogen) atoms. The van der Waals surface area contributed by atoms with E-state index in [1.807, 2.05) is 6.07 Å². The summed E-state index contributed by atoms with van der Waals surface area (Å²) in [6.07, 6.45) is 0. The molecule has 3 nitrogen and oxygen atoms in total. The smallest absolute Gasteiger partial charge is 0.164 e. The van der Waals surface area contributed by atoms with Crippen LogP contribution in [0, 0.1) is 3.57 Å². The molecule has 72 valence electrons. The Labute approximate surface area is 91.1 Å². The maximum absolute atomic E-state index is 5.14. The average molecular weight is 294 g/mol. The summed E-state index contributed by atoms with van der Waals surface area (Å²) in [7, 11) is 4.84. The molecule has 0 aliphatic heterocycles. The van der Waals surface area contributed by atoms with E-state index in [0.717, 1.165) is 9.32 Å². The van der Waals surface area contributed by atoms with Crippen molar-refractivity contribution in [3.05, 3.63) is 15.7 Å². The molecule has 4 heteroatoms. The van der Waals surface area contributed by atoms with Gasteiger partial charge in [-0.2, -0.15) is 0 Å². The van der Waals surface area contributed by atoms with Crippen molar-refractivity contribution in [2.45, 2.75) is 0 Å². The standard InChI is InChI=1S/C9H11IO3/c1-11-7-5-9(13-3)8(12-2)4-6(7)10/h4-5H,1-3H3. The molecular weight excluding hydrogens is 283 g/mol. The van der Waals surface area contributed by atoms with Crippen LogP contribution in [0.25, 0.3) is 0 Å². The molecule has 0 amide bonds. The SMILES string of the molecule is COc1cc(OC)c(OC)cc1I. The van der Waals surface area contributed by atoms with Gasteiger partial charge in [-0.25, -0.2) is 0 Å². The topological polar surface area (TPSA) is 27.7 Å². The van der Waals surface area contributed by atoms with Crippen molar-refractivity contribution < 1.29 is 14.2 Å². The lowest BCUT2D eigenvalue weighted by Gasteiger charge is -2.10. The Balaban J connectivity index is 3.18. The molecule has 0 bridgehead atoms. The highest BCUT2D eigenvalue weighted by Gasteiger charge is 2.08. The first-order chi connectivity index (χ1) is 6.22. The first-order valence-corrected chi connectivity index (χ1v) is 4.76. The fourth-order valence-corrected chi connectivity index (χ4v) is 1.65. The van der Waals surface area contributed by atoms with Crippen molar-refractivity contribution in [1.82, 2.24) is 0 Å². The van der Waals surface area contributed by atoms with Gasteiger partial charge in [-0.1, -0.05) is 0 Å². The van der Waals surface area contributed by atoms with Gasteiger partial charge in [0.2, 0.25) is 0 Å². The summed E-state index contributed by atoms with van der Waals surface area (Å²) in [6, 6.07) is 3.68. The summed E-state index contributed by atoms with van der Waals surface area (Å²) in [5, 5.41) is 0. The van der Waals surface area contributed by atoms with Gasteiger partial charge in [-0.15, -0.1) is 0 Å². The lowest BCUT2D eigenvalue weighted by Crippen LogP contribution is -1.94. The van der Waals surface area contributed by atoms with Gasteiger partial charge in [0.15, 0.2) is 11.5 Å². The zero-order chi connectivity index (χ0) is 9.84. The fourth-order valence-electron chi connectivity index (χ4n) is 0.992. The Morgan fingerprint density at radius 3 is 1.77 bits per heavy atom. The van der Waals surface area contributed by atoms with E-state index in [-0.39, 0.29) is 0 Å². The normalized spacial score (nSPS) is 9.54. The minimum Gasteiger partial charge on any atom is -0.496 e. The second kappa shape index (κ2) is 4.55. The molecule has 0 atom stereocenters. The number of benzene rings is 1. The summed E-state index contributed by atoms with van der Waals surface area (Å²) < 4.78 is 16.4. The second-order valence-corrected chi connectivity index (χ2v) is 3.50. The van der Waals surface area contributed by atoms with Crippen LogP contribution < -0.4 is 14.2 Å². The lowest BCUT2D eigenvalue weighted by molar-refractivity contribution is 0.348. The van der Waals surface area contributed by atoms with Crippen molar-refractivity contribution in [2.75, 3.05) is 21.3 Å². The van der Waals surface area contributed by atoms with Crippen LogP contribution in [0.4, 0.5) is 0 Å². The van der Waals surface area contributed by atoms with Gasteiger partial charge >= 0.3 is 0 Å². The van der Waals surface area contributed by atoms with Crippen LogP contribution in [0.5, 0.6) is 17.2 Å². The third kappa shape index (κ3) is 2.18. The molecule has 0 radical (unpaired) electrons. The summed E-state index contributed by atoms with van der Waals surface area (Å²) in [4.78, 5) is 0. The van der Waals surface area contributed by atoms with E-state index in [4.69, 9.17) is 14.2 Å². The Hall–Kier alpha value is -0.650. The number of ether oxygens (including phenoxy) is 3. The highest BCUT2D eigenvalue weighted by Crippen LogP contribution is 2.34. The number of hydrogen-bond donors (Lipinski definition) is 0. The quantitative estimate of drug-likeness (QED) is 0.801. The second-order valence-electron chi connectivity index (χ2n) is 2.34. The van der Waals surface area contributed by atoms with E-state index in [2.05, 4.69) is 22.6 Å². The maximum Gasteiger partial charge on any atom is 0.164 e. The molecule has 1 aromatic carbocycles. The molecule has 1 rings (SSSR count). The minimum atomic E-state index is 0.680. The number of halogens is 1. The molecule has 0 spiro atoms. The Morgan fingerprint density at radius 1 is 0.846 bits per heavy atom. The molecule has 0 aliphatic carbocycles. The van der Waals surface area contributed by atoms with E-state index in [9.17, 15) is 0 Å². The maximum atomic E-state index is 5.14. The molecule has 0 fully saturated rings. The van der Waals surface area contributed by atoms with Gasteiger partial charge in [0, 0.05) is 12.1 Å². The number of rotatable bonds is 3. The summed E-state index contributed by atoms with van der Waals surface area (Å²) in [5.41, 5.74) is 0. The average Bonchev–Trinajstić information content (AvgIpc) is 2.17. The molecule has 0 aromatic heterocycles. The Bertz CT molecular complexity index is 299. The van der Waals surface area contributed by atoms with Crippen LogP contribution in [0.2, 0.25) is 0 Å². The first-order valence-electron chi connectivity index (χ1n) is 3.68. The van der Waals surface area contributed by atoms with Crippen molar-refractivity contribution in [3.8, 4) is 17.2 Å². The summed E-state index contributed by atoms with van der Waals surface area (Å²) in [6.45, 7) is 0. The third-order valence-corrected chi connectivity index (χ3v) is 2.50. The van der Waals surface area contributed by atoms with Crippen LogP contribution in [0.3, 0.4) is 0 Å². The van der Waals surface area contributed by atoms with E-state index in [1.165, 1.54) is 0 Å². The summed E-state index contributed by atoms with van der Waals surface area (Å²) >= 11 is 2.18. The Kier molecular flexibility index (Phi) is 3.65. The van der Waals surface area contributed by atoms with E-state index < -0.39 is 0 Å². The van der Waals surface area contributed by atoms with Gasteiger partial charge in [0.05, 0.1) is 24.9 Å². The summed E-state index contributed by atoms with van der Waals surface area (Å²) in [5.74, 6) is 2.19. The highest BCUT2D eigenvalue weighted by atomic mass is 127. The van der Waals surface area contributed by atoms with Crippen molar-refractivity contribution in [1.29, 1.82) is 0 Å². The van der Waals surface area contributed by atoms with Crippen LogP contribution in [0.15, 0.2) is 12.1 Å². The lowest BCUT2D eigenvalue weighted by atomic mass is 10.3. The zero-order valence-electron chi connectivity index (χ0n) is 7.76. The van der Waals surface area contributed by atoms with Gasteiger partial charge in [-0.05, 0) is 22.6 Å². The predicted octanol–water partition coefficient (Wildman–Crippen LogP) is 2.32. The number of hydrogen-bond acceptors (Lipinski definition) is 3. The minimum absolute atomic E-state index is 0.680. The predicted molar refractivity (Wildman–Crippen MR) is 58.8 cm³/mol. The third-order valence-electron chi connectivity index (χ3n) is 1.66. The van der Waals surface area contributed by atoms with E-state index in [1.54, 1.807) is 27.4 Å². The van der Waals surface area contributed by atoms with Crippen LogP contribution in [-0.2, 0) is 0 Å². The molecule has 0 aliphatic rings. The first kappa shape index (κ1) is 10.4.